The Morgan fingerprint density at radius 3 is 2.30 bits per heavy atom. The molecule has 2 aromatic carbocycles. The standard InChI is InChI=1S/C24H28N6O3/c1-17(2)15-20(26-22(32)13-14-25-24(33)19-11-7-4-8-12-19)21(31)16-30-28-23(27-29-30)18-9-5-3-6-10-18/h3-12,17,20H,13-16H2,1-2H3,(H,25,33)(H,26,32)/t20-/m0/s1. The van der Waals surface area contributed by atoms with Gasteiger partial charge in [-0.15, -0.1) is 10.2 Å². The molecule has 0 aliphatic rings. The molecule has 0 fully saturated rings. The number of carbonyl (C=O) groups excluding carboxylic acids is 3. The van der Waals surface area contributed by atoms with Gasteiger partial charge in [0.25, 0.3) is 5.91 Å². The van der Waals surface area contributed by atoms with E-state index in [1.165, 1.54) is 4.80 Å². The van der Waals surface area contributed by atoms with Crippen molar-refractivity contribution in [3.8, 4) is 11.4 Å². The van der Waals surface area contributed by atoms with Gasteiger partial charge in [-0.25, -0.2) is 0 Å². The molecule has 2 amide bonds. The third-order valence-electron chi connectivity index (χ3n) is 4.89. The predicted molar refractivity (Wildman–Crippen MR) is 123 cm³/mol. The summed E-state index contributed by atoms with van der Waals surface area (Å²) >= 11 is 0. The monoisotopic (exact) mass is 448 g/mol. The number of carbonyl (C=O) groups is 3. The fraction of sp³-hybridized carbons (Fsp3) is 0.333. The van der Waals surface area contributed by atoms with Gasteiger partial charge in [-0.1, -0.05) is 62.4 Å². The van der Waals surface area contributed by atoms with E-state index in [2.05, 4.69) is 26.0 Å². The topological polar surface area (TPSA) is 119 Å². The van der Waals surface area contributed by atoms with Crippen molar-refractivity contribution in [3.05, 3.63) is 66.2 Å². The highest BCUT2D eigenvalue weighted by Crippen LogP contribution is 2.12. The molecule has 0 saturated heterocycles. The Morgan fingerprint density at radius 1 is 0.970 bits per heavy atom. The first kappa shape index (κ1) is 23.8. The number of ketones is 1. The molecule has 2 N–H and O–H groups in total. The summed E-state index contributed by atoms with van der Waals surface area (Å²) < 4.78 is 0. The molecule has 0 saturated carbocycles. The number of nitrogens with one attached hydrogen (secondary N) is 2. The molecular weight excluding hydrogens is 420 g/mol. The lowest BCUT2D eigenvalue weighted by Crippen LogP contribution is -2.44. The fourth-order valence-electron chi connectivity index (χ4n) is 3.25. The maximum atomic E-state index is 12.9. The van der Waals surface area contributed by atoms with Crippen LogP contribution in [0, 0.1) is 5.92 Å². The number of rotatable bonds is 11. The van der Waals surface area contributed by atoms with Crippen molar-refractivity contribution in [3.63, 3.8) is 0 Å². The van der Waals surface area contributed by atoms with Crippen molar-refractivity contribution in [2.24, 2.45) is 5.92 Å². The lowest BCUT2D eigenvalue weighted by Gasteiger charge is -2.19. The largest absolute Gasteiger partial charge is 0.352 e. The normalized spacial score (nSPS) is 11.7. The van der Waals surface area contributed by atoms with Gasteiger partial charge in [0.2, 0.25) is 11.7 Å². The first-order chi connectivity index (χ1) is 15.9. The van der Waals surface area contributed by atoms with Crippen LogP contribution >= 0.6 is 0 Å². The minimum absolute atomic E-state index is 0.0696. The third-order valence-corrected chi connectivity index (χ3v) is 4.89. The van der Waals surface area contributed by atoms with Crippen LogP contribution in [0.3, 0.4) is 0 Å². The van der Waals surface area contributed by atoms with Crippen molar-refractivity contribution in [2.45, 2.75) is 39.3 Å². The van der Waals surface area contributed by atoms with Crippen LogP contribution in [0.4, 0.5) is 0 Å². The van der Waals surface area contributed by atoms with Crippen molar-refractivity contribution in [1.29, 1.82) is 0 Å². The quantitative estimate of drug-likeness (QED) is 0.464. The lowest BCUT2D eigenvalue weighted by atomic mass is 10.00. The molecule has 0 bridgehead atoms. The van der Waals surface area contributed by atoms with E-state index in [4.69, 9.17) is 0 Å². The van der Waals surface area contributed by atoms with Gasteiger partial charge in [0.1, 0.15) is 6.54 Å². The van der Waals surface area contributed by atoms with Gasteiger partial charge in [-0.3, -0.25) is 14.4 Å². The van der Waals surface area contributed by atoms with Crippen LogP contribution < -0.4 is 10.6 Å². The predicted octanol–water partition coefficient (Wildman–Crippen LogP) is 2.26. The molecule has 9 nitrogen and oxygen atoms in total. The van der Waals surface area contributed by atoms with Crippen molar-refractivity contribution in [1.82, 2.24) is 30.8 Å². The number of Topliss-reactive ketones (excluding diaryl/α,β-unsaturated/α-hetero) is 1. The highest BCUT2D eigenvalue weighted by molar-refractivity contribution is 5.94. The molecule has 0 aliphatic heterocycles. The molecule has 33 heavy (non-hydrogen) atoms. The smallest absolute Gasteiger partial charge is 0.251 e. The van der Waals surface area contributed by atoms with E-state index in [9.17, 15) is 14.4 Å². The third kappa shape index (κ3) is 7.34. The van der Waals surface area contributed by atoms with Crippen LogP contribution in [-0.4, -0.2) is 50.4 Å². The average Bonchev–Trinajstić information content (AvgIpc) is 3.28. The summed E-state index contributed by atoms with van der Waals surface area (Å²) in [5.41, 5.74) is 1.33. The maximum absolute atomic E-state index is 12.9. The highest BCUT2D eigenvalue weighted by atomic mass is 16.2. The minimum atomic E-state index is -0.673. The van der Waals surface area contributed by atoms with Gasteiger partial charge in [-0.05, 0) is 29.7 Å². The number of benzene rings is 2. The van der Waals surface area contributed by atoms with E-state index in [0.717, 1.165) is 5.56 Å². The lowest BCUT2D eigenvalue weighted by molar-refractivity contribution is -0.128. The summed E-state index contributed by atoms with van der Waals surface area (Å²) in [6.45, 7) is 4.04. The van der Waals surface area contributed by atoms with Gasteiger partial charge < -0.3 is 10.6 Å². The fourth-order valence-corrected chi connectivity index (χ4v) is 3.25. The van der Waals surface area contributed by atoms with Crippen molar-refractivity contribution < 1.29 is 14.4 Å². The van der Waals surface area contributed by atoms with Gasteiger partial charge in [-0.2, -0.15) is 4.80 Å². The molecule has 1 heterocycles. The molecular formula is C24H28N6O3. The van der Waals surface area contributed by atoms with Crippen LogP contribution in [0.25, 0.3) is 11.4 Å². The van der Waals surface area contributed by atoms with Crippen LogP contribution in [0.5, 0.6) is 0 Å². The molecule has 1 atom stereocenters. The van der Waals surface area contributed by atoms with Gasteiger partial charge >= 0.3 is 0 Å². The molecule has 0 spiro atoms. The Kier molecular flexibility index (Phi) is 8.40. The number of nitrogens with zero attached hydrogens (tertiary/aromatic N) is 4. The second kappa shape index (κ2) is 11.7. The van der Waals surface area contributed by atoms with E-state index in [1.807, 2.05) is 50.2 Å². The average molecular weight is 449 g/mol. The first-order valence-electron chi connectivity index (χ1n) is 10.9. The van der Waals surface area contributed by atoms with Gasteiger partial charge in [0.15, 0.2) is 5.78 Å². The molecule has 3 aromatic rings. The highest BCUT2D eigenvalue weighted by Gasteiger charge is 2.23. The maximum Gasteiger partial charge on any atom is 0.251 e. The molecule has 0 radical (unpaired) electrons. The Balaban J connectivity index is 1.53. The zero-order valence-corrected chi connectivity index (χ0v) is 18.8. The van der Waals surface area contributed by atoms with E-state index in [0.29, 0.717) is 17.8 Å². The van der Waals surface area contributed by atoms with Crippen molar-refractivity contribution >= 4 is 17.6 Å². The number of amides is 2. The molecule has 0 aliphatic carbocycles. The zero-order valence-electron chi connectivity index (χ0n) is 18.8. The summed E-state index contributed by atoms with van der Waals surface area (Å²) in [6.07, 6.45) is 0.557. The molecule has 9 heteroatoms. The Bertz CT molecular complexity index is 1070. The molecule has 3 rings (SSSR count). The van der Waals surface area contributed by atoms with Gasteiger partial charge in [0, 0.05) is 24.1 Å². The second-order valence-electron chi connectivity index (χ2n) is 8.10. The summed E-state index contributed by atoms with van der Waals surface area (Å²) in [5, 5.41) is 17.7. The van der Waals surface area contributed by atoms with E-state index in [-0.39, 0.29) is 43.0 Å². The second-order valence-corrected chi connectivity index (χ2v) is 8.10. The van der Waals surface area contributed by atoms with Crippen molar-refractivity contribution in [2.75, 3.05) is 6.54 Å². The number of hydrogen-bond acceptors (Lipinski definition) is 6. The van der Waals surface area contributed by atoms with E-state index >= 15 is 0 Å². The van der Waals surface area contributed by atoms with Crippen LogP contribution in [-0.2, 0) is 16.1 Å². The number of tetrazole rings is 1. The summed E-state index contributed by atoms with van der Waals surface area (Å²) in [6, 6.07) is 17.5. The van der Waals surface area contributed by atoms with Crippen LogP contribution in [0.2, 0.25) is 0 Å². The molecule has 172 valence electrons. The Morgan fingerprint density at radius 2 is 1.64 bits per heavy atom. The summed E-state index contributed by atoms with van der Waals surface area (Å²) in [7, 11) is 0. The minimum Gasteiger partial charge on any atom is -0.352 e. The van der Waals surface area contributed by atoms with E-state index < -0.39 is 6.04 Å². The molecule has 0 unspecified atom stereocenters. The Labute approximate surface area is 192 Å². The van der Waals surface area contributed by atoms with Crippen LogP contribution in [0.1, 0.15) is 37.0 Å². The summed E-state index contributed by atoms with van der Waals surface area (Å²) in [4.78, 5) is 38.6. The zero-order chi connectivity index (χ0) is 23.6. The first-order valence-corrected chi connectivity index (χ1v) is 10.9. The van der Waals surface area contributed by atoms with Gasteiger partial charge in [0.05, 0.1) is 6.04 Å². The number of aromatic nitrogens is 4. The SMILES string of the molecule is CC(C)C[C@H](NC(=O)CCNC(=O)c1ccccc1)C(=O)Cn1nnc(-c2ccccc2)n1. The van der Waals surface area contributed by atoms with E-state index in [1.54, 1.807) is 24.3 Å². The van der Waals surface area contributed by atoms with Crippen LogP contribution in [0.15, 0.2) is 60.7 Å². The Hall–Kier alpha value is -3.88. The summed E-state index contributed by atoms with van der Waals surface area (Å²) in [5.74, 6) is -0.131. The molecule has 1 aromatic heterocycles. The number of hydrogen-bond donors (Lipinski definition) is 2.